The Kier molecular flexibility index (Phi) is 2.12. The molecule has 0 nitrogen and oxygen atoms in total. The van der Waals surface area contributed by atoms with Crippen LogP contribution in [0.4, 0.5) is 12.9 Å². The van der Waals surface area contributed by atoms with E-state index in [9.17, 15) is 12.9 Å². The number of hydrogen-bond acceptors (Lipinski definition) is 0. The van der Waals surface area contributed by atoms with Crippen LogP contribution in [0.15, 0.2) is 0 Å². The molecule has 0 atom stereocenters. The average Bonchev–Trinajstić information content (AvgIpc) is 1.77. The lowest BCUT2D eigenvalue weighted by molar-refractivity contribution is -0.0262. The van der Waals surface area contributed by atoms with E-state index in [4.69, 9.17) is 0 Å². The largest absolute Gasteiger partial charge is 0.478 e. The van der Waals surface area contributed by atoms with Crippen LogP contribution >= 0.6 is 0 Å². The summed E-state index contributed by atoms with van der Waals surface area (Å²) in [5, 5.41) is 0. The number of hydrogen-bond donors (Lipinski definition) is 0. The quantitative estimate of drug-likeness (QED) is 0.595. The lowest BCUT2D eigenvalue weighted by Gasteiger charge is -2.54. The average molecular weight is 191 g/mol. The van der Waals surface area contributed by atoms with Crippen LogP contribution in [-0.2, 0) is 0 Å². The Morgan fingerprint density at radius 1 is 1.15 bits per heavy atom. The highest BCUT2D eigenvalue weighted by molar-refractivity contribution is 6.58. The molecule has 0 unspecified atom stereocenters. The van der Waals surface area contributed by atoms with Crippen LogP contribution in [0.5, 0.6) is 0 Å². The van der Waals surface area contributed by atoms with Crippen molar-refractivity contribution in [2.75, 3.05) is 0 Å². The van der Waals surface area contributed by atoms with Gasteiger partial charge in [0.1, 0.15) is 0 Å². The summed E-state index contributed by atoms with van der Waals surface area (Å²) in [5.74, 6) is 0.392. The molecule has 0 aromatic heterocycles. The Hall–Kier alpha value is -0.145. The van der Waals surface area contributed by atoms with E-state index in [1.165, 1.54) is 19.3 Å². The molecular formula is C9H15BF3-. The van der Waals surface area contributed by atoms with Crippen LogP contribution in [-0.4, -0.2) is 6.98 Å². The van der Waals surface area contributed by atoms with Gasteiger partial charge in [0.05, 0.1) is 0 Å². The fourth-order valence-electron chi connectivity index (χ4n) is 2.88. The first-order valence-electron chi connectivity index (χ1n) is 5.20. The molecule has 2 aliphatic carbocycles. The summed E-state index contributed by atoms with van der Waals surface area (Å²) in [6.45, 7) is -4.53. The highest BCUT2D eigenvalue weighted by Crippen LogP contribution is 2.59. The molecule has 0 amide bonds. The Morgan fingerprint density at radius 3 is 2.15 bits per heavy atom. The van der Waals surface area contributed by atoms with E-state index >= 15 is 0 Å². The summed E-state index contributed by atoms with van der Waals surface area (Å²) in [7, 11) is 0. The van der Waals surface area contributed by atoms with Gasteiger partial charge in [0, 0.05) is 0 Å². The van der Waals surface area contributed by atoms with Gasteiger partial charge in [-0.3, -0.25) is 0 Å². The zero-order valence-electron chi connectivity index (χ0n) is 7.74. The normalized spacial score (nSPS) is 27.0. The van der Waals surface area contributed by atoms with Crippen molar-refractivity contribution >= 4 is 6.98 Å². The molecule has 1 spiro atoms. The van der Waals surface area contributed by atoms with E-state index in [-0.39, 0.29) is 0 Å². The Labute approximate surface area is 76.9 Å². The topological polar surface area (TPSA) is 0 Å². The summed E-state index contributed by atoms with van der Waals surface area (Å²) >= 11 is 0. The van der Waals surface area contributed by atoms with Crippen molar-refractivity contribution in [1.29, 1.82) is 0 Å². The van der Waals surface area contributed by atoms with Crippen LogP contribution in [0.3, 0.4) is 0 Å². The van der Waals surface area contributed by atoms with Crippen molar-refractivity contribution in [2.45, 2.75) is 44.8 Å². The van der Waals surface area contributed by atoms with Crippen molar-refractivity contribution in [3.05, 3.63) is 0 Å². The molecule has 0 saturated heterocycles. The smallest absolute Gasteiger partial charge is 0.449 e. The van der Waals surface area contributed by atoms with E-state index < -0.39 is 13.3 Å². The number of rotatable bonds is 3. The van der Waals surface area contributed by atoms with Crippen molar-refractivity contribution in [1.82, 2.24) is 0 Å². The molecule has 0 heterocycles. The van der Waals surface area contributed by atoms with Gasteiger partial charge in [-0.2, -0.15) is 0 Å². The first-order chi connectivity index (χ1) is 5.99. The maximum Gasteiger partial charge on any atom is 0.478 e. The lowest BCUT2D eigenvalue weighted by atomic mass is 9.50. The Morgan fingerprint density at radius 2 is 1.77 bits per heavy atom. The molecule has 0 aromatic rings. The molecule has 13 heavy (non-hydrogen) atoms. The van der Waals surface area contributed by atoms with Crippen molar-refractivity contribution in [3.63, 3.8) is 0 Å². The molecule has 0 N–H and O–H groups in total. The summed E-state index contributed by atoms with van der Waals surface area (Å²) in [6.07, 6.45) is 5.90. The van der Waals surface area contributed by atoms with Crippen LogP contribution in [0.1, 0.15) is 38.5 Å². The van der Waals surface area contributed by atoms with E-state index in [1.54, 1.807) is 0 Å². The second kappa shape index (κ2) is 2.92. The first-order valence-corrected chi connectivity index (χ1v) is 5.20. The molecule has 0 aliphatic heterocycles. The minimum atomic E-state index is -4.53. The van der Waals surface area contributed by atoms with E-state index in [0.717, 1.165) is 12.8 Å². The molecule has 2 aliphatic rings. The summed E-state index contributed by atoms with van der Waals surface area (Å²) in [6, 6.07) is 0. The predicted octanol–water partition coefficient (Wildman–Crippen LogP) is 3.80. The van der Waals surface area contributed by atoms with Crippen molar-refractivity contribution in [3.8, 4) is 0 Å². The standard InChI is InChI=1S/C9H15BF3/c11-10(12,13)5-2-8-6-9(7-8)3-1-4-9/h8H,1-7H2/q-1. The lowest BCUT2D eigenvalue weighted by Crippen LogP contribution is -2.42. The van der Waals surface area contributed by atoms with Crippen molar-refractivity contribution in [2.24, 2.45) is 11.3 Å². The fourth-order valence-corrected chi connectivity index (χ4v) is 2.88. The van der Waals surface area contributed by atoms with Gasteiger partial charge >= 0.3 is 6.98 Å². The number of halogens is 3. The Balaban J connectivity index is 1.64. The Bertz CT molecular complexity index is 188. The minimum absolute atomic E-state index is 0.392. The maximum absolute atomic E-state index is 11.9. The molecule has 2 saturated carbocycles. The van der Waals surface area contributed by atoms with Crippen LogP contribution in [0.25, 0.3) is 0 Å². The summed E-state index contributed by atoms with van der Waals surface area (Å²) in [5.41, 5.74) is 0.531. The maximum atomic E-state index is 11.9. The van der Waals surface area contributed by atoms with E-state index in [0.29, 0.717) is 17.8 Å². The van der Waals surface area contributed by atoms with Gasteiger partial charge < -0.3 is 12.9 Å². The second-order valence-corrected chi connectivity index (χ2v) is 4.92. The van der Waals surface area contributed by atoms with E-state index in [1.807, 2.05) is 0 Å². The third-order valence-corrected chi connectivity index (χ3v) is 3.76. The monoisotopic (exact) mass is 191 g/mol. The van der Waals surface area contributed by atoms with E-state index in [2.05, 4.69) is 0 Å². The van der Waals surface area contributed by atoms with Gasteiger partial charge in [-0.05, 0) is 37.0 Å². The third kappa shape index (κ3) is 2.02. The van der Waals surface area contributed by atoms with Crippen LogP contribution < -0.4 is 0 Å². The zero-order valence-corrected chi connectivity index (χ0v) is 7.74. The first kappa shape index (κ1) is 9.41. The van der Waals surface area contributed by atoms with Gasteiger partial charge in [-0.15, -0.1) is 0 Å². The van der Waals surface area contributed by atoms with Gasteiger partial charge in [0.25, 0.3) is 0 Å². The molecule has 2 fully saturated rings. The highest BCUT2D eigenvalue weighted by Gasteiger charge is 2.47. The van der Waals surface area contributed by atoms with Crippen LogP contribution in [0, 0.1) is 11.3 Å². The second-order valence-electron chi connectivity index (χ2n) is 4.92. The fraction of sp³-hybridized carbons (Fsp3) is 1.00. The highest BCUT2D eigenvalue weighted by atomic mass is 19.4. The molecule has 0 radical (unpaired) electrons. The van der Waals surface area contributed by atoms with Gasteiger partial charge in [-0.1, -0.05) is 19.2 Å². The van der Waals surface area contributed by atoms with Crippen LogP contribution in [0.2, 0.25) is 6.32 Å². The molecular weight excluding hydrogens is 176 g/mol. The van der Waals surface area contributed by atoms with Gasteiger partial charge in [0.15, 0.2) is 0 Å². The zero-order chi connectivity index (χ0) is 9.53. The predicted molar refractivity (Wildman–Crippen MR) is 47.5 cm³/mol. The summed E-state index contributed by atoms with van der Waals surface area (Å²) in [4.78, 5) is 0. The SMILES string of the molecule is F[B-](F)(F)CCC1CC2(CCC2)C1. The minimum Gasteiger partial charge on any atom is -0.449 e. The van der Waals surface area contributed by atoms with Crippen molar-refractivity contribution < 1.29 is 12.9 Å². The van der Waals surface area contributed by atoms with Gasteiger partial charge in [0.2, 0.25) is 0 Å². The molecule has 76 valence electrons. The van der Waals surface area contributed by atoms with Gasteiger partial charge in [-0.25, -0.2) is 0 Å². The third-order valence-electron chi connectivity index (χ3n) is 3.76. The molecule has 0 bridgehead atoms. The molecule has 4 heteroatoms. The summed E-state index contributed by atoms with van der Waals surface area (Å²) < 4.78 is 35.8. The molecule has 0 aromatic carbocycles. The molecule has 2 rings (SSSR count).